The normalized spacial score (nSPS) is 12.4. The highest BCUT2D eigenvalue weighted by Crippen LogP contribution is 2.18. The number of nitrogens with zero attached hydrogens (tertiary/aromatic N) is 2. The SMILES string of the molecule is Cc1cnc(SC(CN)C(=O)O)nc1. The molecule has 1 unspecified atom stereocenters. The molecular weight excluding hydrogens is 202 g/mol. The summed E-state index contributed by atoms with van der Waals surface area (Å²) >= 11 is 1.06. The second-order valence-electron chi connectivity index (χ2n) is 2.72. The van der Waals surface area contributed by atoms with Crippen molar-refractivity contribution in [1.29, 1.82) is 0 Å². The van der Waals surface area contributed by atoms with Gasteiger partial charge in [0, 0.05) is 18.9 Å². The van der Waals surface area contributed by atoms with E-state index in [4.69, 9.17) is 10.8 Å². The van der Waals surface area contributed by atoms with Gasteiger partial charge >= 0.3 is 5.97 Å². The van der Waals surface area contributed by atoms with Crippen LogP contribution in [0.2, 0.25) is 0 Å². The van der Waals surface area contributed by atoms with Gasteiger partial charge in [-0.1, -0.05) is 11.8 Å². The molecule has 0 aromatic carbocycles. The predicted molar refractivity (Wildman–Crippen MR) is 53.1 cm³/mol. The highest BCUT2D eigenvalue weighted by Gasteiger charge is 2.17. The van der Waals surface area contributed by atoms with Crippen LogP contribution in [-0.2, 0) is 4.79 Å². The lowest BCUT2D eigenvalue weighted by molar-refractivity contribution is -0.136. The number of hydrogen-bond acceptors (Lipinski definition) is 5. The first-order valence-electron chi connectivity index (χ1n) is 4.01. The monoisotopic (exact) mass is 213 g/mol. The zero-order chi connectivity index (χ0) is 10.6. The first-order valence-corrected chi connectivity index (χ1v) is 4.89. The van der Waals surface area contributed by atoms with Gasteiger partial charge < -0.3 is 10.8 Å². The number of aliphatic carboxylic acids is 1. The number of aryl methyl sites for hydroxylation is 1. The average Bonchev–Trinajstić information content (AvgIpc) is 2.16. The van der Waals surface area contributed by atoms with E-state index in [0.717, 1.165) is 17.3 Å². The minimum Gasteiger partial charge on any atom is -0.480 e. The van der Waals surface area contributed by atoms with Crippen LogP contribution in [0.4, 0.5) is 0 Å². The molecule has 0 spiro atoms. The molecule has 1 atom stereocenters. The number of carboxylic acids is 1. The van der Waals surface area contributed by atoms with Crippen LogP contribution in [0.15, 0.2) is 17.6 Å². The highest BCUT2D eigenvalue weighted by atomic mass is 32.2. The number of rotatable bonds is 4. The van der Waals surface area contributed by atoms with Gasteiger partial charge in [0.2, 0.25) is 0 Å². The van der Waals surface area contributed by atoms with Gasteiger partial charge in [-0.25, -0.2) is 9.97 Å². The molecule has 14 heavy (non-hydrogen) atoms. The minimum absolute atomic E-state index is 0.0667. The van der Waals surface area contributed by atoms with Gasteiger partial charge in [0.05, 0.1) is 0 Å². The van der Waals surface area contributed by atoms with Crippen LogP contribution in [-0.4, -0.2) is 32.8 Å². The summed E-state index contributed by atoms with van der Waals surface area (Å²) in [6.45, 7) is 1.93. The van der Waals surface area contributed by atoms with Crippen LogP contribution in [0.25, 0.3) is 0 Å². The van der Waals surface area contributed by atoms with Gasteiger partial charge in [-0.15, -0.1) is 0 Å². The van der Waals surface area contributed by atoms with Crippen LogP contribution in [0.3, 0.4) is 0 Å². The molecule has 1 rings (SSSR count). The van der Waals surface area contributed by atoms with Crippen molar-refractivity contribution in [2.75, 3.05) is 6.54 Å². The van der Waals surface area contributed by atoms with Gasteiger partial charge in [-0.05, 0) is 12.5 Å². The van der Waals surface area contributed by atoms with Crippen molar-refractivity contribution < 1.29 is 9.90 Å². The molecule has 6 heteroatoms. The van der Waals surface area contributed by atoms with E-state index in [0.29, 0.717) is 5.16 Å². The molecule has 0 amide bonds. The Labute approximate surface area is 85.7 Å². The molecule has 0 saturated carbocycles. The Morgan fingerprint density at radius 3 is 2.64 bits per heavy atom. The summed E-state index contributed by atoms with van der Waals surface area (Å²) in [5.41, 5.74) is 6.23. The Balaban J connectivity index is 2.67. The maximum atomic E-state index is 10.6. The number of thioether (sulfide) groups is 1. The Kier molecular flexibility index (Phi) is 3.84. The van der Waals surface area contributed by atoms with Crippen molar-refractivity contribution in [2.24, 2.45) is 5.73 Å². The molecule has 1 aromatic heterocycles. The second kappa shape index (κ2) is 4.92. The minimum atomic E-state index is -0.943. The Morgan fingerprint density at radius 1 is 1.64 bits per heavy atom. The standard InChI is InChI=1S/C8H11N3O2S/c1-5-3-10-8(11-4-5)14-6(2-9)7(12)13/h3-4,6H,2,9H2,1H3,(H,12,13). The number of nitrogens with two attached hydrogens (primary N) is 1. The Bertz CT molecular complexity index is 315. The molecule has 1 aromatic rings. The van der Waals surface area contributed by atoms with Gasteiger partial charge in [0.1, 0.15) is 5.25 Å². The topological polar surface area (TPSA) is 89.1 Å². The van der Waals surface area contributed by atoms with E-state index in [2.05, 4.69) is 9.97 Å². The molecule has 0 saturated heterocycles. The number of carboxylic acid groups (broad SMARTS) is 1. The zero-order valence-corrected chi connectivity index (χ0v) is 8.49. The maximum Gasteiger partial charge on any atom is 0.318 e. The van der Waals surface area contributed by atoms with E-state index >= 15 is 0 Å². The van der Waals surface area contributed by atoms with Crippen molar-refractivity contribution in [3.8, 4) is 0 Å². The molecule has 1 heterocycles. The molecule has 0 bridgehead atoms. The Morgan fingerprint density at radius 2 is 2.21 bits per heavy atom. The smallest absolute Gasteiger partial charge is 0.318 e. The summed E-state index contributed by atoms with van der Waals surface area (Å²) in [6.07, 6.45) is 3.29. The van der Waals surface area contributed by atoms with E-state index in [1.54, 1.807) is 12.4 Å². The predicted octanol–water partition coefficient (Wildman–Crippen LogP) is 0.289. The zero-order valence-electron chi connectivity index (χ0n) is 7.67. The first-order chi connectivity index (χ1) is 6.63. The lowest BCUT2D eigenvalue weighted by Gasteiger charge is -2.06. The summed E-state index contributed by atoms with van der Waals surface area (Å²) in [5.74, 6) is -0.943. The van der Waals surface area contributed by atoms with E-state index < -0.39 is 11.2 Å². The van der Waals surface area contributed by atoms with Crippen molar-refractivity contribution in [1.82, 2.24) is 9.97 Å². The van der Waals surface area contributed by atoms with E-state index in [1.807, 2.05) is 6.92 Å². The van der Waals surface area contributed by atoms with E-state index in [9.17, 15) is 4.79 Å². The molecule has 0 fully saturated rings. The largest absolute Gasteiger partial charge is 0.480 e. The average molecular weight is 213 g/mol. The van der Waals surface area contributed by atoms with E-state index in [1.165, 1.54) is 0 Å². The molecule has 0 aliphatic carbocycles. The van der Waals surface area contributed by atoms with Crippen molar-refractivity contribution in [3.63, 3.8) is 0 Å². The summed E-state index contributed by atoms with van der Waals surface area (Å²) in [7, 11) is 0. The number of aromatic nitrogens is 2. The quantitative estimate of drug-likeness (QED) is 0.552. The molecular formula is C8H11N3O2S. The Hall–Kier alpha value is -1.14. The van der Waals surface area contributed by atoms with Crippen molar-refractivity contribution in [3.05, 3.63) is 18.0 Å². The van der Waals surface area contributed by atoms with Crippen LogP contribution >= 0.6 is 11.8 Å². The summed E-state index contributed by atoms with van der Waals surface area (Å²) in [5, 5.41) is 8.49. The third-order valence-corrected chi connectivity index (χ3v) is 2.59. The highest BCUT2D eigenvalue weighted by molar-refractivity contribution is 8.00. The summed E-state index contributed by atoms with van der Waals surface area (Å²) in [6, 6.07) is 0. The summed E-state index contributed by atoms with van der Waals surface area (Å²) < 4.78 is 0. The van der Waals surface area contributed by atoms with Gasteiger partial charge in [0.25, 0.3) is 0 Å². The van der Waals surface area contributed by atoms with E-state index in [-0.39, 0.29) is 6.54 Å². The van der Waals surface area contributed by atoms with Gasteiger partial charge in [-0.2, -0.15) is 0 Å². The molecule has 0 radical (unpaired) electrons. The lowest BCUT2D eigenvalue weighted by atomic mass is 10.4. The lowest BCUT2D eigenvalue weighted by Crippen LogP contribution is -2.26. The fourth-order valence-corrected chi connectivity index (χ4v) is 1.45. The second-order valence-corrected chi connectivity index (χ2v) is 3.89. The molecule has 3 N–H and O–H groups in total. The van der Waals surface area contributed by atoms with Crippen LogP contribution in [0.1, 0.15) is 5.56 Å². The summed E-state index contributed by atoms with van der Waals surface area (Å²) in [4.78, 5) is 18.6. The van der Waals surface area contributed by atoms with Crippen LogP contribution in [0.5, 0.6) is 0 Å². The van der Waals surface area contributed by atoms with Crippen molar-refractivity contribution >= 4 is 17.7 Å². The molecule has 76 valence electrons. The van der Waals surface area contributed by atoms with Crippen molar-refractivity contribution in [2.45, 2.75) is 17.3 Å². The number of carbonyl (C=O) groups is 1. The van der Waals surface area contributed by atoms with Crippen LogP contribution < -0.4 is 5.73 Å². The van der Waals surface area contributed by atoms with Crippen LogP contribution in [0, 0.1) is 6.92 Å². The maximum absolute atomic E-state index is 10.6. The third kappa shape index (κ3) is 2.97. The molecule has 0 aliphatic heterocycles. The van der Waals surface area contributed by atoms with Gasteiger partial charge in [-0.3, -0.25) is 4.79 Å². The van der Waals surface area contributed by atoms with Gasteiger partial charge in [0.15, 0.2) is 5.16 Å². The fraction of sp³-hybridized carbons (Fsp3) is 0.375. The third-order valence-electron chi connectivity index (χ3n) is 1.49. The number of hydrogen-bond donors (Lipinski definition) is 2. The first kappa shape index (κ1) is 10.9. The fourth-order valence-electron chi connectivity index (χ4n) is 0.768. The molecule has 5 nitrogen and oxygen atoms in total. The molecule has 0 aliphatic rings.